The van der Waals surface area contributed by atoms with Gasteiger partial charge in [0, 0.05) is 12.5 Å². The van der Waals surface area contributed by atoms with Crippen LogP contribution >= 0.6 is 0 Å². The van der Waals surface area contributed by atoms with Crippen molar-refractivity contribution in [3.8, 4) is 0 Å². The highest BCUT2D eigenvalue weighted by atomic mass is 16.6. The number of nitro groups is 1. The van der Waals surface area contributed by atoms with E-state index in [0.717, 1.165) is 12.6 Å². The molecular weight excluding hydrogens is 238 g/mol. The maximum absolute atomic E-state index is 11.5. The second kappa shape index (κ2) is 6.43. The third-order valence-electron chi connectivity index (χ3n) is 2.20. The van der Waals surface area contributed by atoms with Crippen LogP contribution in [0.5, 0.6) is 0 Å². The molecule has 7 heteroatoms. The van der Waals surface area contributed by atoms with Gasteiger partial charge in [0.25, 0.3) is 11.6 Å². The fourth-order valence-corrected chi connectivity index (χ4v) is 1.22. The predicted molar refractivity (Wildman–Crippen MR) is 62.9 cm³/mol. The normalized spacial score (nSPS) is 9.83. The lowest BCUT2D eigenvalue weighted by molar-refractivity contribution is -0.385. The first-order valence-electron chi connectivity index (χ1n) is 5.49. The van der Waals surface area contributed by atoms with Crippen LogP contribution in [0.2, 0.25) is 0 Å². The van der Waals surface area contributed by atoms with E-state index in [0.29, 0.717) is 6.42 Å². The molecule has 0 aromatic carbocycles. The van der Waals surface area contributed by atoms with E-state index in [4.69, 9.17) is 0 Å². The van der Waals surface area contributed by atoms with Crippen molar-refractivity contribution in [1.29, 1.82) is 0 Å². The van der Waals surface area contributed by atoms with Gasteiger partial charge in [-0.2, -0.15) is 0 Å². The number of pyridine rings is 1. The van der Waals surface area contributed by atoms with Crippen LogP contribution < -0.4 is 5.32 Å². The minimum absolute atomic E-state index is 0.0227. The maximum atomic E-state index is 11.5. The van der Waals surface area contributed by atoms with Gasteiger partial charge in [-0.15, -0.1) is 0 Å². The van der Waals surface area contributed by atoms with E-state index in [1.54, 1.807) is 0 Å². The lowest BCUT2D eigenvalue weighted by atomic mass is 10.2. The van der Waals surface area contributed by atoms with Crippen LogP contribution in [0.1, 0.15) is 36.7 Å². The minimum atomic E-state index is -0.647. The zero-order chi connectivity index (χ0) is 13.5. The lowest BCUT2D eigenvalue weighted by Gasteiger charge is -2.02. The highest BCUT2D eigenvalue weighted by Crippen LogP contribution is 2.08. The first-order valence-corrected chi connectivity index (χ1v) is 5.49. The molecule has 0 fully saturated rings. The second-order valence-electron chi connectivity index (χ2n) is 3.64. The lowest BCUT2D eigenvalue weighted by Crippen LogP contribution is -2.30. The summed E-state index contributed by atoms with van der Waals surface area (Å²) in [6.45, 7) is 1.94. The van der Waals surface area contributed by atoms with Crippen LogP contribution in [0.25, 0.3) is 0 Å². The van der Waals surface area contributed by atoms with E-state index in [9.17, 15) is 19.7 Å². The summed E-state index contributed by atoms with van der Waals surface area (Å²) in [4.78, 5) is 36.2. The van der Waals surface area contributed by atoms with Crippen LogP contribution in [0.15, 0.2) is 18.3 Å². The Labute approximate surface area is 103 Å². The van der Waals surface area contributed by atoms with Gasteiger partial charge >= 0.3 is 0 Å². The molecule has 0 atom stereocenters. The molecule has 0 aliphatic heterocycles. The van der Waals surface area contributed by atoms with Crippen molar-refractivity contribution in [3.63, 3.8) is 0 Å². The fraction of sp³-hybridized carbons (Fsp3) is 0.364. The summed E-state index contributed by atoms with van der Waals surface area (Å²) >= 11 is 0. The van der Waals surface area contributed by atoms with E-state index in [-0.39, 0.29) is 23.7 Å². The molecule has 18 heavy (non-hydrogen) atoms. The van der Waals surface area contributed by atoms with Crippen molar-refractivity contribution < 1.29 is 14.5 Å². The van der Waals surface area contributed by atoms with Crippen molar-refractivity contribution in [2.24, 2.45) is 0 Å². The van der Waals surface area contributed by atoms with Gasteiger partial charge in [-0.05, 0) is 12.5 Å². The van der Waals surface area contributed by atoms with Crippen molar-refractivity contribution in [2.75, 3.05) is 0 Å². The molecule has 0 unspecified atom stereocenters. The molecule has 0 spiro atoms. The molecule has 0 saturated heterocycles. The number of carbonyl (C=O) groups is 2. The number of amides is 2. The Balaban J connectivity index is 2.61. The number of nitrogens with one attached hydrogen (secondary N) is 1. The first-order chi connectivity index (χ1) is 8.54. The molecular formula is C11H13N3O4. The summed E-state index contributed by atoms with van der Waals surface area (Å²) in [6, 6.07) is 2.37. The summed E-state index contributed by atoms with van der Waals surface area (Å²) < 4.78 is 0. The number of unbranched alkanes of at least 4 members (excludes halogenated alkanes) is 1. The van der Waals surface area contributed by atoms with E-state index < -0.39 is 10.8 Å². The molecule has 0 aliphatic carbocycles. The number of rotatable bonds is 5. The first kappa shape index (κ1) is 13.8. The highest BCUT2D eigenvalue weighted by Gasteiger charge is 2.13. The molecule has 2 amide bonds. The molecule has 1 heterocycles. The zero-order valence-corrected chi connectivity index (χ0v) is 9.88. The summed E-state index contributed by atoms with van der Waals surface area (Å²) in [5.74, 6) is -1.02. The van der Waals surface area contributed by atoms with Crippen LogP contribution in [0.3, 0.4) is 0 Å². The zero-order valence-electron chi connectivity index (χ0n) is 9.88. The van der Waals surface area contributed by atoms with Gasteiger partial charge in [-0.3, -0.25) is 25.0 Å². The number of aromatic nitrogens is 1. The molecule has 1 N–H and O–H groups in total. The van der Waals surface area contributed by atoms with Crippen LogP contribution in [0, 0.1) is 10.1 Å². The third-order valence-corrected chi connectivity index (χ3v) is 2.20. The number of imide groups is 1. The van der Waals surface area contributed by atoms with E-state index in [1.165, 1.54) is 12.1 Å². The monoisotopic (exact) mass is 251 g/mol. The van der Waals surface area contributed by atoms with E-state index in [2.05, 4.69) is 10.3 Å². The average Bonchev–Trinajstić information content (AvgIpc) is 2.36. The Morgan fingerprint density at radius 2 is 2.17 bits per heavy atom. The molecule has 1 rings (SSSR count). The Bertz CT molecular complexity index is 456. The second-order valence-corrected chi connectivity index (χ2v) is 3.64. The Morgan fingerprint density at radius 3 is 2.67 bits per heavy atom. The largest absolute Gasteiger partial charge is 0.291 e. The van der Waals surface area contributed by atoms with Crippen molar-refractivity contribution in [2.45, 2.75) is 26.2 Å². The Hall–Kier alpha value is -2.31. The Morgan fingerprint density at radius 1 is 1.44 bits per heavy atom. The molecule has 0 saturated carbocycles. The molecule has 7 nitrogen and oxygen atoms in total. The number of carbonyl (C=O) groups excluding carboxylic acids is 2. The summed E-state index contributed by atoms with van der Waals surface area (Å²) in [6.07, 6.45) is 2.81. The fourth-order valence-electron chi connectivity index (χ4n) is 1.22. The molecule has 0 aliphatic rings. The number of hydrogen-bond acceptors (Lipinski definition) is 5. The van der Waals surface area contributed by atoms with Crippen molar-refractivity contribution >= 4 is 17.5 Å². The van der Waals surface area contributed by atoms with Gasteiger partial charge in [-0.1, -0.05) is 13.3 Å². The molecule has 0 bridgehead atoms. The quantitative estimate of drug-likeness (QED) is 0.630. The number of nitrogens with zero attached hydrogens (tertiary/aromatic N) is 2. The molecule has 0 radical (unpaired) electrons. The SMILES string of the molecule is CCCCC(=O)NC(=O)c1ccc([N+](=O)[O-])cn1. The van der Waals surface area contributed by atoms with Gasteiger partial charge in [0.1, 0.15) is 11.9 Å². The van der Waals surface area contributed by atoms with Gasteiger partial charge in [0.2, 0.25) is 5.91 Å². The molecule has 96 valence electrons. The molecule has 1 aromatic rings. The van der Waals surface area contributed by atoms with Crippen LogP contribution in [-0.4, -0.2) is 21.7 Å². The molecule has 1 aromatic heterocycles. The smallest absolute Gasteiger partial charge is 0.287 e. The average molecular weight is 251 g/mol. The van der Waals surface area contributed by atoms with Gasteiger partial charge in [0.05, 0.1) is 4.92 Å². The van der Waals surface area contributed by atoms with Gasteiger partial charge < -0.3 is 0 Å². The van der Waals surface area contributed by atoms with Gasteiger partial charge in [0.15, 0.2) is 0 Å². The highest BCUT2D eigenvalue weighted by molar-refractivity contribution is 6.03. The van der Waals surface area contributed by atoms with Gasteiger partial charge in [-0.25, -0.2) is 4.98 Å². The van der Waals surface area contributed by atoms with Crippen LogP contribution in [0.4, 0.5) is 5.69 Å². The van der Waals surface area contributed by atoms with Crippen molar-refractivity contribution in [3.05, 3.63) is 34.1 Å². The minimum Gasteiger partial charge on any atom is -0.291 e. The topological polar surface area (TPSA) is 102 Å². The Kier molecular flexibility index (Phi) is 4.91. The maximum Gasteiger partial charge on any atom is 0.287 e. The van der Waals surface area contributed by atoms with E-state index >= 15 is 0 Å². The standard InChI is InChI=1S/C11H13N3O4/c1-2-3-4-10(15)13-11(16)9-6-5-8(7-12-9)14(17)18/h5-7H,2-4H2,1H3,(H,13,15,16). The summed E-state index contributed by atoms with van der Waals surface area (Å²) in [5.41, 5.74) is -0.227. The van der Waals surface area contributed by atoms with E-state index in [1.807, 2.05) is 6.92 Å². The van der Waals surface area contributed by atoms with Crippen LogP contribution in [-0.2, 0) is 4.79 Å². The third kappa shape index (κ3) is 3.93. The number of hydrogen-bond donors (Lipinski definition) is 1. The summed E-state index contributed by atoms with van der Waals surface area (Å²) in [5, 5.41) is 12.6. The van der Waals surface area contributed by atoms with Crippen molar-refractivity contribution in [1.82, 2.24) is 10.3 Å². The summed E-state index contributed by atoms with van der Waals surface area (Å²) in [7, 11) is 0. The predicted octanol–water partition coefficient (Wildman–Crippen LogP) is 1.44.